The molecule has 3 aliphatic rings. The number of esters is 1. The number of alkyl halides is 3. The lowest BCUT2D eigenvalue weighted by Gasteiger charge is -2.30. The first-order chi connectivity index (χ1) is 21.0. The third-order valence-corrected chi connectivity index (χ3v) is 8.33. The molecule has 3 heterocycles. The van der Waals surface area contributed by atoms with Crippen LogP contribution in [0.3, 0.4) is 0 Å². The van der Waals surface area contributed by atoms with E-state index in [0.29, 0.717) is 24.8 Å². The summed E-state index contributed by atoms with van der Waals surface area (Å²) < 4.78 is 51.7. The van der Waals surface area contributed by atoms with E-state index in [1.165, 1.54) is 15.9 Å². The van der Waals surface area contributed by atoms with Crippen molar-refractivity contribution in [2.45, 2.75) is 102 Å². The van der Waals surface area contributed by atoms with Crippen molar-refractivity contribution < 1.29 is 41.8 Å². The minimum atomic E-state index is -4.57. The highest BCUT2D eigenvalue weighted by atomic mass is 35.5. The van der Waals surface area contributed by atoms with Crippen molar-refractivity contribution in [3.05, 3.63) is 47.0 Å². The SMILES string of the molecule is CCOC(=O)C1CCC=CCCCCCC(N)C(=O)[N+]2CC(OC(=O)N3CCc4cccc(C(F)(F)F)c4C3)CC2C(=O)N1.Cl. The standard InChI is InChI=1S/C31H41F3N4O6.ClH/c1-2-43-29(41)25-14-9-7-5-3-4-6-8-13-24(35)28(40)38-18-21(17-26(38)27(39)36-25)44-30(42)37-16-15-20-11-10-12-23(22(20)19-37)31(32,33)34;/h5,7,10-12,21,24-26H,2-4,6,8-9,13-19,35H2,1H3,(H,36,39);1H/q+1;. The van der Waals surface area contributed by atoms with Crippen LogP contribution in [0.5, 0.6) is 0 Å². The quantitative estimate of drug-likeness (QED) is 0.284. The van der Waals surface area contributed by atoms with Crippen LogP contribution >= 0.6 is 12.4 Å². The molecule has 4 unspecified atom stereocenters. The molecule has 0 bridgehead atoms. The van der Waals surface area contributed by atoms with Gasteiger partial charge in [-0.2, -0.15) is 13.2 Å². The molecule has 1 radical (unpaired) electrons. The van der Waals surface area contributed by atoms with Gasteiger partial charge in [-0.1, -0.05) is 42.0 Å². The summed E-state index contributed by atoms with van der Waals surface area (Å²) in [5.41, 5.74) is 5.99. The Morgan fingerprint density at radius 2 is 1.87 bits per heavy atom. The van der Waals surface area contributed by atoms with Gasteiger partial charge in [-0.25, -0.2) is 14.4 Å². The van der Waals surface area contributed by atoms with Crippen molar-refractivity contribution in [1.82, 2.24) is 15.1 Å². The molecule has 3 amide bonds. The number of benzene rings is 1. The van der Waals surface area contributed by atoms with E-state index in [2.05, 4.69) is 5.32 Å². The Balaban J connectivity index is 0.00000552. The molecular weight excluding hydrogens is 617 g/mol. The number of fused-ring (bicyclic) bond motifs is 2. The number of hydrogen-bond donors (Lipinski definition) is 2. The van der Waals surface area contributed by atoms with Gasteiger partial charge in [0.05, 0.1) is 18.6 Å². The van der Waals surface area contributed by atoms with E-state index in [1.807, 2.05) is 12.2 Å². The molecule has 1 saturated heterocycles. The maximum Gasteiger partial charge on any atom is 0.416 e. The normalized spacial score (nSPS) is 25.4. The van der Waals surface area contributed by atoms with Crippen LogP contribution in [0.15, 0.2) is 30.4 Å². The second kappa shape index (κ2) is 16.4. The van der Waals surface area contributed by atoms with Crippen LogP contribution < -0.4 is 16.0 Å². The van der Waals surface area contributed by atoms with Gasteiger partial charge < -0.3 is 25.4 Å². The lowest BCUT2D eigenvalue weighted by molar-refractivity contribution is -0.148. The van der Waals surface area contributed by atoms with Crippen LogP contribution in [0, 0.1) is 0 Å². The molecule has 0 spiro atoms. The fourth-order valence-corrected chi connectivity index (χ4v) is 5.99. The van der Waals surface area contributed by atoms with Crippen LogP contribution in [-0.2, 0) is 43.0 Å². The number of carbonyl (C=O) groups is 4. The summed E-state index contributed by atoms with van der Waals surface area (Å²) in [4.78, 5) is 55.3. The highest BCUT2D eigenvalue weighted by molar-refractivity contribution is 5.94. The summed E-state index contributed by atoms with van der Waals surface area (Å²) >= 11 is 0. The van der Waals surface area contributed by atoms with Gasteiger partial charge in [-0.15, -0.1) is 12.4 Å². The van der Waals surface area contributed by atoms with Crippen molar-refractivity contribution >= 4 is 36.3 Å². The number of allylic oxidation sites excluding steroid dienone is 2. The molecule has 0 aromatic heterocycles. The Bertz CT molecular complexity index is 1250. The molecular formula is C31H42ClF3N4O6+. The molecule has 4 rings (SSSR count). The summed E-state index contributed by atoms with van der Waals surface area (Å²) in [6.07, 6.45) is 2.50. The first-order valence-corrected chi connectivity index (χ1v) is 15.3. The van der Waals surface area contributed by atoms with E-state index in [4.69, 9.17) is 15.2 Å². The van der Waals surface area contributed by atoms with Crippen molar-refractivity contribution in [2.24, 2.45) is 5.73 Å². The highest BCUT2D eigenvalue weighted by Gasteiger charge is 2.53. The number of nitrogens with two attached hydrogens (primary N) is 1. The molecule has 4 atom stereocenters. The second-order valence-corrected chi connectivity index (χ2v) is 11.5. The van der Waals surface area contributed by atoms with E-state index >= 15 is 0 Å². The summed E-state index contributed by atoms with van der Waals surface area (Å²) in [6, 6.07) is 1.08. The molecule has 45 heavy (non-hydrogen) atoms. The second-order valence-electron chi connectivity index (χ2n) is 11.5. The molecule has 1 fully saturated rings. The van der Waals surface area contributed by atoms with Gasteiger partial charge >= 0.3 is 24.1 Å². The summed E-state index contributed by atoms with van der Waals surface area (Å²) in [7, 11) is 0. The lowest BCUT2D eigenvalue weighted by atomic mass is 9.95. The van der Waals surface area contributed by atoms with Gasteiger partial charge in [-0.05, 0) is 62.6 Å². The maximum absolute atomic E-state index is 13.6. The average Bonchev–Trinajstić information content (AvgIpc) is 3.41. The average molecular weight is 659 g/mol. The first-order valence-electron chi connectivity index (χ1n) is 15.3. The Morgan fingerprint density at radius 3 is 2.60 bits per heavy atom. The number of rotatable bonds is 3. The van der Waals surface area contributed by atoms with E-state index in [-0.39, 0.29) is 57.1 Å². The number of amides is 3. The van der Waals surface area contributed by atoms with Gasteiger partial charge in [0.2, 0.25) is 6.04 Å². The molecule has 3 aliphatic heterocycles. The Kier molecular flexibility index (Phi) is 13.2. The molecule has 3 N–H and O–H groups in total. The van der Waals surface area contributed by atoms with Gasteiger partial charge in [0.15, 0.2) is 12.6 Å². The fraction of sp³-hybridized carbons (Fsp3) is 0.613. The van der Waals surface area contributed by atoms with Gasteiger partial charge in [0, 0.05) is 13.1 Å². The van der Waals surface area contributed by atoms with Crippen LogP contribution in [-0.4, -0.2) is 72.7 Å². The molecule has 14 heteroatoms. The summed E-state index contributed by atoms with van der Waals surface area (Å²) in [5.74, 6) is -1.65. The molecule has 1 aromatic carbocycles. The predicted molar refractivity (Wildman–Crippen MR) is 161 cm³/mol. The van der Waals surface area contributed by atoms with Crippen LogP contribution in [0.4, 0.5) is 18.0 Å². The van der Waals surface area contributed by atoms with Gasteiger partial charge in [0.25, 0.3) is 5.91 Å². The number of halogens is 4. The van der Waals surface area contributed by atoms with E-state index < -0.39 is 59.8 Å². The first kappa shape index (κ1) is 36.3. The molecule has 10 nitrogen and oxygen atoms in total. The maximum atomic E-state index is 13.6. The Morgan fingerprint density at radius 1 is 1.11 bits per heavy atom. The summed E-state index contributed by atoms with van der Waals surface area (Å²) in [6.45, 7) is 1.57. The molecule has 249 valence electrons. The number of ether oxygens (including phenoxy) is 2. The van der Waals surface area contributed by atoms with Crippen molar-refractivity contribution in [1.29, 1.82) is 0 Å². The van der Waals surface area contributed by atoms with Gasteiger partial charge in [0.1, 0.15) is 12.1 Å². The molecule has 0 aliphatic carbocycles. The Labute approximate surface area is 267 Å². The summed E-state index contributed by atoms with van der Waals surface area (Å²) in [5, 5.41) is 2.72. The number of carbonyl (C=O) groups excluding carboxylic acids is 4. The highest BCUT2D eigenvalue weighted by Crippen LogP contribution is 2.36. The molecule has 1 aromatic rings. The zero-order valence-electron chi connectivity index (χ0n) is 25.4. The van der Waals surface area contributed by atoms with E-state index in [9.17, 15) is 32.3 Å². The fourth-order valence-electron chi connectivity index (χ4n) is 5.99. The minimum Gasteiger partial charge on any atom is -0.464 e. The monoisotopic (exact) mass is 658 g/mol. The topological polar surface area (TPSA) is 134 Å². The number of nitrogens with one attached hydrogen (secondary N) is 1. The number of nitrogens with zero attached hydrogens (tertiary/aromatic N) is 2. The molecule has 0 saturated carbocycles. The predicted octanol–water partition coefficient (Wildman–Crippen LogP) is 4.11. The van der Waals surface area contributed by atoms with Crippen molar-refractivity contribution in [3.8, 4) is 0 Å². The zero-order valence-corrected chi connectivity index (χ0v) is 26.2. The van der Waals surface area contributed by atoms with Crippen molar-refractivity contribution in [2.75, 3.05) is 19.7 Å². The van der Waals surface area contributed by atoms with Crippen molar-refractivity contribution in [3.63, 3.8) is 0 Å². The third kappa shape index (κ3) is 9.43. The van der Waals surface area contributed by atoms with Gasteiger partial charge in [-0.3, -0.25) is 4.79 Å². The third-order valence-electron chi connectivity index (χ3n) is 8.33. The Hall–Kier alpha value is -3.16. The number of hydrogen-bond acceptors (Lipinski definition) is 7. The van der Waals surface area contributed by atoms with E-state index in [0.717, 1.165) is 31.7 Å². The lowest BCUT2D eigenvalue weighted by Crippen LogP contribution is -2.57. The van der Waals surface area contributed by atoms with Crippen LogP contribution in [0.2, 0.25) is 0 Å². The van der Waals surface area contributed by atoms with Crippen LogP contribution in [0.1, 0.15) is 75.0 Å². The zero-order chi connectivity index (χ0) is 31.9. The van der Waals surface area contributed by atoms with Crippen LogP contribution in [0.25, 0.3) is 0 Å². The largest absolute Gasteiger partial charge is 0.464 e. The smallest absolute Gasteiger partial charge is 0.416 e. The van der Waals surface area contributed by atoms with E-state index in [1.54, 1.807) is 13.0 Å². The minimum absolute atomic E-state index is 0.